The Morgan fingerprint density at radius 1 is 0.917 bits per heavy atom. The van der Waals surface area contributed by atoms with Crippen molar-refractivity contribution < 1.29 is 40.3 Å². The Hall–Kier alpha value is -2.37. The number of benzene rings is 2. The number of nitrogens with zero attached hydrogens (tertiary/aromatic N) is 2. The van der Waals surface area contributed by atoms with Crippen LogP contribution >= 0.6 is 11.6 Å². The van der Waals surface area contributed by atoms with Crippen molar-refractivity contribution in [2.45, 2.75) is 30.7 Å². The molecular weight excluding hydrogens is 517 g/mol. The van der Waals surface area contributed by atoms with E-state index in [0.29, 0.717) is 50.4 Å². The molecule has 0 N–H and O–H groups in total. The van der Waals surface area contributed by atoms with Gasteiger partial charge in [-0.25, -0.2) is 4.39 Å². The number of piperidine rings is 1. The molecule has 0 radical (unpaired) electrons. The normalized spacial score (nSPS) is 22.1. The van der Waals surface area contributed by atoms with E-state index >= 15 is 0 Å². The molecule has 0 bridgehead atoms. The lowest BCUT2D eigenvalue weighted by Gasteiger charge is -2.45. The van der Waals surface area contributed by atoms with E-state index in [0.717, 1.165) is 0 Å². The van der Waals surface area contributed by atoms with Crippen molar-refractivity contribution >= 4 is 17.5 Å². The number of hydrogen-bond donors (Lipinski definition) is 0. The molecule has 2 saturated heterocycles. The van der Waals surface area contributed by atoms with Crippen molar-refractivity contribution in [1.82, 2.24) is 9.80 Å². The van der Waals surface area contributed by atoms with Crippen LogP contribution in [0.1, 0.15) is 39.4 Å². The van der Waals surface area contributed by atoms with Crippen molar-refractivity contribution in [3.8, 4) is 0 Å². The maximum atomic E-state index is 14.3. The van der Waals surface area contributed by atoms with Gasteiger partial charge < -0.3 is 9.64 Å². The smallest absolute Gasteiger partial charge is 0.379 e. The molecule has 2 aromatic rings. The molecule has 1 amide bonds. The standard InChI is InChI=1S/C24H22ClF7N2O2/c25-19-2-1-14(11-20(19)26)18-13-34(4-3-21(18)33-5-7-36-8-6-33)22(35)15-9-16(23(27,28)29)12-17(10-15)24(30,31)32/h1-2,9-12,18,21H,3-8,13H2/t18-,21-/m0/s1. The fourth-order valence-electron chi connectivity index (χ4n) is 4.80. The topological polar surface area (TPSA) is 32.8 Å². The van der Waals surface area contributed by atoms with E-state index < -0.39 is 46.7 Å². The Morgan fingerprint density at radius 2 is 1.53 bits per heavy atom. The van der Waals surface area contributed by atoms with Crippen LogP contribution in [0.5, 0.6) is 0 Å². The molecule has 0 aromatic heterocycles. The van der Waals surface area contributed by atoms with Gasteiger partial charge in [0.15, 0.2) is 0 Å². The summed E-state index contributed by atoms with van der Waals surface area (Å²) in [6.45, 7) is 2.29. The van der Waals surface area contributed by atoms with Crippen molar-refractivity contribution in [2.75, 3.05) is 39.4 Å². The lowest BCUT2D eigenvalue weighted by molar-refractivity contribution is -0.143. The second-order valence-corrected chi connectivity index (χ2v) is 9.24. The average molecular weight is 539 g/mol. The predicted octanol–water partition coefficient (Wildman–Crippen LogP) is 5.85. The van der Waals surface area contributed by atoms with Crippen molar-refractivity contribution in [2.24, 2.45) is 0 Å². The quantitative estimate of drug-likeness (QED) is 0.460. The van der Waals surface area contributed by atoms with Gasteiger partial charge in [-0.1, -0.05) is 17.7 Å². The van der Waals surface area contributed by atoms with Gasteiger partial charge in [0.1, 0.15) is 5.82 Å². The van der Waals surface area contributed by atoms with E-state index in [4.69, 9.17) is 16.3 Å². The van der Waals surface area contributed by atoms with Crippen molar-refractivity contribution in [3.63, 3.8) is 0 Å². The highest BCUT2D eigenvalue weighted by atomic mass is 35.5. The summed E-state index contributed by atoms with van der Waals surface area (Å²) in [6, 6.07) is 4.97. The van der Waals surface area contributed by atoms with Gasteiger partial charge in [0.25, 0.3) is 5.91 Å². The first-order chi connectivity index (χ1) is 16.8. The predicted molar refractivity (Wildman–Crippen MR) is 117 cm³/mol. The van der Waals surface area contributed by atoms with Crippen LogP contribution in [0.2, 0.25) is 5.02 Å². The van der Waals surface area contributed by atoms with Crippen LogP contribution in [-0.4, -0.2) is 61.1 Å². The van der Waals surface area contributed by atoms with Gasteiger partial charge in [-0.15, -0.1) is 0 Å². The molecule has 2 atom stereocenters. The molecule has 12 heteroatoms. The maximum absolute atomic E-state index is 14.3. The van der Waals surface area contributed by atoms with E-state index in [1.165, 1.54) is 17.0 Å². The van der Waals surface area contributed by atoms with Gasteiger partial charge in [0.2, 0.25) is 0 Å². The summed E-state index contributed by atoms with van der Waals surface area (Å²) in [6.07, 6.45) is -9.74. The number of likely N-dealkylation sites (tertiary alicyclic amines) is 1. The summed E-state index contributed by atoms with van der Waals surface area (Å²) in [7, 11) is 0. The van der Waals surface area contributed by atoms with E-state index in [1.807, 2.05) is 0 Å². The van der Waals surface area contributed by atoms with Crippen LogP contribution in [-0.2, 0) is 17.1 Å². The van der Waals surface area contributed by atoms with Crippen LogP contribution in [0, 0.1) is 5.82 Å². The molecule has 196 valence electrons. The highest BCUT2D eigenvalue weighted by Crippen LogP contribution is 2.38. The third kappa shape index (κ3) is 5.78. The average Bonchev–Trinajstić information content (AvgIpc) is 2.84. The summed E-state index contributed by atoms with van der Waals surface area (Å²) in [5.74, 6) is -2.06. The molecule has 0 spiro atoms. The first-order valence-electron chi connectivity index (χ1n) is 11.2. The van der Waals surface area contributed by atoms with Crippen LogP contribution in [0.15, 0.2) is 36.4 Å². The molecule has 0 saturated carbocycles. The first kappa shape index (κ1) is 26.7. The minimum absolute atomic E-state index is 0.0132. The number of carbonyl (C=O) groups is 1. The number of rotatable bonds is 3. The molecule has 4 nitrogen and oxygen atoms in total. The van der Waals surface area contributed by atoms with Gasteiger partial charge in [0, 0.05) is 43.7 Å². The number of carbonyl (C=O) groups excluding carboxylic acids is 1. The van der Waals surface area contributed by atoms with E-state index in [1.54, 1.807) is 6.07 Å². The molecular formula is C24H22ClF7N2O2. The molecule has 2 aromatic carbocycles. The highest BCUT2D eigenvalue weighted by Gasteiger charge is 2.40. The molecule has 2 heterocycles. The van der Waals surface area contributed by atoms with Gasteiger partial charge in [-0.3, -0.25) is 9.69 Å². The second-order valence-electron chi connectivity index (χ2n) is 8.83. The zero-order valence-electron chi connectivity index (χ0n) is 18.8. The molecule has 36 heavy (non-hydrogen) atoms. The fourth-order valence-corrected chi connectivity index (χ4v) is 4.92. The molecule has 2 aliphatic heterocycles. The SMILES string of the molecule is O=C(c1cc(C(F)(F)F)cc(C(F)(F)F)c1)N1CC[C@H](N2CCOCC2)[C@H](c2ccc(Cl)c(F)c2)C1. The number of alkyl halides is 6. The number of halogens is 8. The molecule has 2 fully saturated rings. The van der Waals surface area contributed by atoms with E-state index in [2.05, 4.69) is 4.90 Å². The Labute approximate surface area is 207 Å². The fraction of sp³-hybridized carbons (Fsp3) is 0.458. The Balaban J connectivity index is 1.67. The lowest BCUT2D eigenvalue weighted by Crippen LogP contribution is -2.54. The molecule has 0 aliphatic carbocycles. The maximum Gasteiger partial charge on any atom is 0.416 e. The Kier molecular flexibility index (Phi) is 7.55. The lowest BCUT2D eigenvalue weighted by atomic mass is 9.84. The van der Waals surface area contributed by atoms with Crippen LogP contribution in [0.3, 0.4) is 0 Å². The largest absolute Gasteiger partial charge is 0.416 e. The molecule has 0 unspecified atom stereocenters. The van der Waals surface area contributed by atoms with Gasteiger partial charge in [-0.05, 0) is 42.3 Å². The zero-order valence-corrected chi connectivity index (χ0v) is 19.6. The Morgan fingerprint density at radius 3 is 2.08 bits per heavy atom. The molecule has 2 aliphatic rings. The summed E-state index contributed by atoms with van der Waals surface area (Å²) < 4.78 is 99.5. The van der Waals surface area contributed by atoms with Crippen LogP contribution in [0.25, 0.3) is 0 Å². The van der Waals surface area contributed by atoms with Gasteiger partial charge in [-0.2, -0.15) is 26.3 Å². The summed E-state index contributed by atoms with van der Waals surface area (Å²) in [5, 5.41) is -0.0888. The summed E-state index contributed by atoms with van der Waals surface area (Å²) >= 11 is 5.82. The third-order valence-electron chi connectivity index (χ3n) is 6.58. The van der Waals surface area contributed by atoms with Gasteiger partial charge >= 0.3 is 12.4 Å². The van der Waals surface area contributed by atoms with Crippen LogP contribution < -0.4 is 0 Å². The summed E-state index contributed by atoms with van der Waals surface area (Å²) in [4.78, 5) is 16.6. The van der Waals surface area contributed by atoms with Crippen molar-refractivity contribution in [1.29, 1.82) is 0 Å². The minimum atomic E-state index is -5.07. The zero-order chi connectivity index (χ0) is 26.3. The monoisotopic (exact) mass is 538 g/mol. The molecule has 4 rings (SSSR count). The number of ether oxygens (including phenoxy) is 1. The first-order valence-corrected chi connectivity index (χ1v) is 11.6. The Bertz CT molecular complexity index is 1080. The van der Waals surface area contributed by atoms with Gasteiger partial charge in [0.05, 0.1) is 29.4 Å². The van der Waals surface area contributed by atoms with E-state index in [9.17, 15) is 35.5 Å². The minimum Gasteiger partial charge on any atom is -0.379 e. The number of morpholine rings is 1. The summed E-state index contributed by atoms with van der Waals surface area (Å²) in [5.41, 5.74) is -3.28. The second kappa shape index (κ2) is 10.2. The number of hydrogen-bond acceptors (Lipinski definition) is 3. The third-order valence-corrected chi connectivity index (χ3v) is 6.89. The van der Waals surface area contributed by atoms with Crippen LogP contribution in [0.4, 0.5) is 30.7 Å². The highest BCUT2D eigenvalue weighted by molar-refractivity contribution is 6.30. The number of amides is 1. The van der Waals surface area contributed by atoms with Crippen molar-refractivity contribution in [3.05, 3.63) is 69.5 Å². The van der Waals surface area contributed by atoms with E-state index in [-0.39, 0.29) is 30.2 Å².